The van der Waals surface area contributed by atoms with Crippen molar-refractivity contribution < 1.29 is 52.6 Å². The molecule has 0 radical (unpaired) electrons. The van der Waals surface area contributed by atoms with Crippen LogP contribution in [0.3, 0.4) is 0 Å². The first kappa shape index (κ1) is 83.1. The summed E-state index contributed by atoms with van der Waals surface area (Å²) in [5.41, 5.74) is 28.9. The lowest BCUT2D eigenvalue weighted by atomic mass is 9.95. The highest BCUT2D eigenvalue weighted by atomic mass is 16.5. The van der Waals surface area contributed by atoms with Gasteiger partial charge in [-0.2, -0.15) is 0 Å². The lowest BCUT2D eigenvalue weighted by molar-refractivity contribution is -0.140. The number of carbonyl (C=O) groups excluding carboxylic acids is 8. The first-order valence-electron chi connectivity index (χ1n) is 37.7. The molecule has 16 aromatic rings. The van der Waals surface area contributed by atoms with Crippen molar-refractivity contribution in [1.29, 1.82) is 0 Å². The number of ether oxygens (including phenoxy) is 3. The molecule has 0 unspecified atom stereocenters. The highest BCUT2D eigenvalue weighted by Gasteiger charge is 2.35. The van der Waals surface area contributed by atoms with Crippen molar-refractivity contribution in [3.05, 3.63) is 285 Å². The molecule has 3 N–H and O–H groups in total. The number of esters is 3. The monoisotopic (exact) mass is 1550 g/mol. The fourth-order valence-electron chi connectivity index (χ4n) is 14.7. The van der Waals surface area contributed by atoms with Gasteiger partial charge in [0.1, 0.15) is 0 Å². The van der Waals surface area contributed by atoms with Gasteiger partial charge in [0, 0.05) is 194 Å². The Morgan fingerprint density at radius 2 is 0.595 bits per heavy atom. The van der Waals surface area contributed by atoms with Crippen molar-refractivity contribution in [2.24, 2.45) is 62.1 Å². The maximum atomic E-state index is 12.9. The predicted molar refractivity (Wildman–Crippen MR) is 463 cm³/mol. The number of primary amides is 1. The SMILES string of the molecule is COC(=O)C(=O)c1cn(C)c2cc(C)ccc12.COC(=O)C(=O)c1cn(C)c2cc(C)ccc12.COC(=O)Cc1cn(C)c2cc(C)ccc12.Cc1ccc2c(C3=C(c4cn(C)c5cc(C)ccc45)C(=O)NC3=O)cn(C)c2c1.Cc1ccc2c(CC(N)=O)cn(C)c2c1.Cc1ccc2ccn(C)c2c1.Cc1ccc2ccn(C)c2c1. The summed E-state index contributed by atoms with van der Waals surface area (Å²) in [6, 6.07) is 53.5. The smallest absolute Gasteiger partial charge is 0.379 e. The number of nitrogens with zero attached hydrogens (tertiary/aromatic N) is 8. The Morgan fingerprint density at radius 1 is 0.319 bits per heavy atom. The number of hydrogen-bond acceptors (Lipinski definition) is 11. The van der Waals surface area contributed by atoms with Crippen molar-refractivity contribution in [2.45, 2.75) is 68.2 Å². The molecule has 3 amide bonds. The number of ketones is 2. The number of imide groups is 1. The summed E-state index contributed by atoms with van der Waals surface area (Å²) >= 11 is 0. The third kappa shape index (κ3) is 18.0. The molecule has 8 aromatic carbocycles. The van der Waals surface area contributed by atoms with Gasteiger partial charge in [0.15, 0.2) is 0 Å². The minimum atomic E-state index is -0.835. The van der Waals surface area contributed by atoms with E-state index in [9.17, 15) is 38.4 Å². The first-order valence-corrected chi connectivity index (χ1v) is 37.7. The quantitative estimate of drug-likeness (QED) is 0.0429. The number of hydrogen-bond donors (Lipinski definition) is 2. The number of amides is 3. The molecule has 594 valence electrons. The average molecular weight is 1560 g/mol. The van der Waals surface area contributed by atoms with Gasteiger partial charge in [-0.15, -0.1) is 0 Å². The number of carbonyl (C=O) groups is 8. The predicted octanol–water partition coefficient (Wildman–Crippen LogP) is 16.2. The molecule has 116 heavy (non-hydrogen) atoms. The Hall–Kier alpha value is -13.8. The summed E-state index contributed by atoms with van der Waals surface area (Å²) in [7, 11) is 19.5. The number of rotatable bonds is 10. The van der Waals surface area contributed by atoms with E-state index in [0.717, 1.165) is 110 Å². The van der Waals surface area contributed by atoms with Gasteiger partial charge >= 0.3 is 17.9 Å². The van der Waals surface area contributed by atoms with Crippen molar-refractivity contribution >= 4 is 146 Å². The van der Waals surface area contributed by atoms with Gasteiger partial charge in [0.2, 0.25) is 5.91 Å². The van der Waals surface area contributed by atoms with Crippen LogP contribution >= 0.6 is 0 Å². The zero-order chi connectivity index (χ0) is 84.0. The molecule has 0 saturated heterocycles. The highest BCUT2D eigenvalue weighted by molar-refractivity contribution is 6.51. The van der Waals surface area contributed by atoms with Crippen molar-refractivity contribution in [3.63, 3.8) is 0 Å². The van der Waals surface area contributed by atoms with E-state index < -0.39 is 23.5 Å². The summed E-state index contributed by atoms with van der Waals surface area (Å²) in [4.78, 5) is 94.0. The lowest BCUT2D eigenvalue weighted by Crippen LogP contribution is -2.22. The molecule has 21 nitrogen and oxygen atoms in total. The van der Waals surface area contributed by atoms with Crippen LogP contribution in [0.25, 0.3) is 98.4 Å². The van der Waals surface area contributed by atoms with Gasteiger partial charge in [-0.1, -0.05) is 97.1 Å². The molecule has 0 fully saturated rings. The Labute approximate surface area is 673 Å². The van der Waals surface area contributed by atoms with Crippen molar-refractivity contribution in [1.82, 2.24) is 41.9 Å². The van der Waals surface area contributed by atoms with E-state index in [1.54, 1.807) is 12.4 Å². The number of methoxy groups -OCH3 is 3. The number of nitrogens with two attached hydrogens (primary N) is 1. The van der Waals surface area contributed by atoms with Crippen LogP contribution in [0.15, 0.2) is 207 Å². The number of aryl methyl sites for hydroxylation is 16. The van der Waals surface area contributed by atoms with E-state index in [0.29, 0.717) is 35.1 Å². The van der Waals surface area contributed by atoms with Crippen LogP contribution in [0, 0.1) is 55.4 Å². The molecule has 0 aliphatic carbocycles. The van der Waals surface area contributed by atoms with Gasteiger partial charge in [0.25, 0.3) is 23.4 Å². The van der Waals surface area contributed by atoms with E-state index in [1.807, 2.05) is 195 Å². The molecule has 1 aliphatic rings. The standard InChI is InChI=1S/C24H21N3O2.2C13H13NO3.C13H15NO2.C12H14N2O.2C10H11N/c1-13-5-7-15-17(11-26(3)19(15)9-13)21-22(24(29)25-23(21)28)18-12-27(4)20-10-14(2)6-8-16(18)20;2*1-8-4-5-9-10(12(15)13(16)17-3)7-14(2)11(9)6-8;1-9-4-5-11-10(7-13(15)16-3)8-14(2)12(11)6-9;1-8-3-4-10-9(6-12(13)15)7-14(2)11(10)5-8;2*1-8-3-4-9-5-6-11(2)10(9)7-8/h5-12H,1-4H3,(H,25,28,29);2*4-7H,1-3H3;4-6,8H,7H2,1-3H3;3-5,7H,6H2,1-2H3,(H2,13,15);2*3-7H,1-2H3. The van der Waals surface area contributed by atoms with E-state index >= 15 is 0 Å². The molecular formula is C95H98N10O11. The zero-order valence-corrected chi connectivity index (χ0v) is 69.2. The molecular weight excluding hydrogens is 1460 g/mol. The van der Waals surface area contributed by atoms with E-state index in [1.165, 1.54) is 65.4 Å². The fraction of sp³-hybridized carbons (Fsp3) is 0.221. The lowest BCUT2D eigenvalue weighted by Gasteiger charge is -2.03. The Balaban J connectivity index is 0.000000136. The van der Waals surface area contributed by atoms with Crippen LogP contribution in [0.1, 0.15) is 87.5 Å². The number of fused-ring (bicyclic) bond motifs is 8. The minimum absolute atomic E-state index is 0.201. The van der Waals surface area contributed by atoms with Gasteiger partial charge in [-0.05, 0) is 182 Å². The third-order valence-electron chi connectivity index (χ3n) is 20.8. The molecule has 21 heteroatoms. The second kappa shape index (κ2) is 35.1. The Kier molecular flexibility index (Phi) is 25.1. The summed E-state index contributed by atoms with van der Waals surface area (Å²) in [5, 5.41) is 10.9. The van der Waals surface area contributed by atoms with Crippen LogP contribution in [-0.4, -0.2) is 105 Å². The molecule has 9 heterocycles. The Morgan fingerprint density at radius 3 is 0.922 bits per heavy atom. The van der Waals surface area contributed by atoms with Crippen molar-refractivity contribution in [2.75, 3.05) is 21.3 Å². The summed E-state index contributed by atoms with van der Waals surface area (Å²) in [5.74, 6) is -4.07. The second-order valence-corrected chi connectivity index (χ2v) is 29.8. The highest BCUT2D eigenvalue weighted by Crippen LogP contribution is 2.40. The normalized spacial score (nSPS) is 11.6. The minimum Gasteiger partial charge on any atom is -0.469 e. The van der Waals surface area contributed by atoms with Crippen LogP contribution < -0.4 is 11.1 Å². The summed E-state index contributed by atoms with van der Waals surface area (Å²) in [6.45, 7) is 16.4. The Bertz CT molecular complexity index is 6310. The average Bonchev–Trinajstić information content (AvgIpc) is 1.58. The second-order valence-electron chi connectivity index (χ2n) is 29.8. The molecule has 8 aromatic heterocycles. The first-order chi connectivity index (χ1) is 55.2. The topological polar surface area (TPSA) is 242 Å². The largest absolute Gasteiger partial charge is 0.469 e. The van der Waals surface area contributed by atoms with Crippen molar-refractivity contribution in [3.8, 4) is 0 Å². The number of aromatic nitrogens is 8. The molecule has 1 aliphatic heterocycles. The van der Waals surface area contributed by atoms with Crippen LogP contribution in [0.5, 0.6) is 0 Å². The number of Topliss-reactive ketones (excluding diaryl/α,β-unsaturated/α-hetero) is 2. The molecule has 0 bridgehead atoms. The van der Waals surface area contributed by atoms with Gasteiger partial charge in [-0.3, -0.25) is 34.1 Å². The number of nitrogens with one attached hydrogen (secondary N) is 1. The molecule has 0 saturated carbocycles. The van der Waals surface area contributed by atoms with Gasteiger partial charge in [-0.25, -0.2) is 9.59 Å². The van der Waals surface area contributed by atoms with Crippen LogP contribution in [0.2, 0.25) is 0 Å². The summed E-state index contributed by atoms with van der Waals surface area (Å²) in [6.07, 6.45) is 16.0. The molecule has 17 rings (SSSR count). The number of benzene rings is 8. The molecule has 0 atom stereocenters. The van der Waals surface area contributed by atoms with E-state index in [-0.39, 0.29) is 23.7 Å². The zero-order valence-electron chi connectivity index (χ0n) is 69.2. The van der Waals surface area contributed by atoms with E-state index in [2.05, 4.69) is 168 Å². The van der Waals surface area contributed by atoms with Crippen LogP contribution in [-0.2, 0) is 112 Å². The van der Waals surface area contributed by atoms with Crippen LogP contribution in [0.4, 0.5) is 0 Å². The summed E-state index contributed by atoms with van der Waals surface area (Å²) < 4.78 is 29.6. The maximum absolute atomic E-state index is 12.9. The molecule has 0 spiro atoms. The third-order valence-corrected chi connectivity index (χ3v) is 20.8. The fourth-order valence-corrected chi connectivity index (χ4v) is 14.7. The van der Waals surface area contributed by atoms with Gasteiger partial charge in [0.05, 0.1) is 56.4 Å². The maximum Gasteiger partial charge on any atom is 0.379 e. The van der Waals surface area contributed by atoms with E-state index in [4.69, 9.17) is 5.73 Å². The van der Waals surface area contributed by atoms with Gasteiger partial charge < -0.3 is 56.5 Å².